The Morgan fingerprint density at radius 3 is 2.72 bits per heavy atom. The summed E-state index contributed by atoms with van der Waals surface area (Å²) in [6.45, 7) is 0.164. The Labute approximate surface area is 144 Å². The number of likely N-dealkylation sites (tertiary alicyclic amines) is 1. The molecule has 4 nitrogen and oxygen atoms in total. The fraction of sp³-hybridized carbons (Fsp3) is 0.316. The van der Waals surface area contributed by atoms with E-state index in [-0.39, 0.29) is 18.9 Å². The van der Waals surface area contributed by atoms with Crippen molar-refractivity contribution < 1.29 is 23.4 Å². The minimum absolute atomic E-state index is 0.108. The summed E-state index contributed by atoms with van der Waals surface area (Å²) in [5, 5.41) is 9.98. The molecule has 3 rings (SSSR count). The van der Waals surface area contributed by atoms with E-state index in [0.717, 1.165) is 17.7 Å². The van der Waals surface area contributed by atoms with E-state index in [0.29, 0.717) is 17.7 Å². The number of aliphatic hydroxyl groups excluding tert-OH is 1. The van der Waals surface area contributed by atoms with Crippen molar-refractivity contribution in [2.75, 3.05) is 13.7 Å². The van der Waals surface area contributed by atoms with E-state index >= 15 is 0 Å². The quantitative estimate of drug-likeness (QED) is 0.925. The lowest BCUT2D eigenvalue weighted by Gasteiger charge is -2.25. The van der Waals surface area contributed by atoms with Gasteiger partial charge in [0.1, 0.15) is 5.75 Å². The number of ether oxygens (including phenoxy) is 1. The zero-order valence-corrected chi connectivity index (χ0v) is 13.8. The maximum atomic E-state index is 13.5. The number of hydrogen-bond acceptors (Lipinski definition) is 3. The molecule has 1 amide bonds. The standard InChI is InChI=1S/C19H19F2NO3/c1-25-18-5-3-2-4-13(18)9-19(24)22-11-14(23)10-17(22)12-6-7-15(20)16(21)8-12/h2-8,14,17,23H,9-11H2,1H3/t14-,17+/m0/s1. The SMILES string of the molecule is COc1ccccc1CC(=O)N1C[C@@H](O)C[C@@H]1c1ccc(F)c(F)c1. The van der Waals surface area contributed by atoms with Crippen molar-refractivity contribution in [3.63, 3.8) is 0 Å². The third kappa shape index (κ3) is 3.64. The molecule has 1 fully saturated rings. The van der Waals surface area contributed by atoms with E-state index < -0.39 is 23.8 Å². The third-order valence-electron chi connectivity index (χ3n) is 4.46. The molecule has 132 valence electrons. The van der Waals surface area contributed by atoms with Crippen LogP contribution >= 0.6 is 0 Å². The number of amides is 1. The smallest absolute Gasteiger partial charge is 0.227 e. The number of rotatable bonds is 4. The van der Waals surface area contributed by atoms with E-state index in [9.17, 15) is 18.7 Å². The molecule has 1 heterocycles. The Morgan fingerprint density at radius 2 is 2.00 bits per heavy atom. The van der Waals surface area contributed by atoms with Gasteiger partial charge in [-0.2, -0.15) is 0 Å². The molecule has 0 bridgehead atoms. The summed E-state index contributed by atoms with van der Waals surface area (Å²) >= 11 is 0. The highest BCUT2D eigenvalue weighted by Gasteiger charge is 2.35. The van der Waals surface area contributed by atoms with Gasteiger partial charge in [0.2, 0.25) is 5.91 Å². The fourth-order valence-electron chi connectivity index (χ4n) is 3.24. The number of β-amino-alcohol motifs (C(OH)–C–C–N with tert-alkyl or cyclic N) is 1. The molecule has 0 radical (unpaired) electrons. The van der Waals surface area contributed by atoms with Gasteiger partial charge < -0.3 is 14.7 Å². The molecule has 1 aliphatic heterocycles. The van der Waals surface area contributed by atoms with Crippen LogP contribution < -0.4 is 4.74 Å². The predicted molar refractivity (Wildman–Crippen MR) is 88.1 cm³/mol. The van der Waals surface area contributed by atoms with Gasteiger partial charge in [-0.3, -0.25) is 4.79 Å². The van der Waals surface area contributed by atoms with Crippen molar-refractivity contribution in [3.8, 4) is 5.75 Å². The molecule has 2 aromatic carbocycles. The lowest BCUT2D eigenvalue weighted by Crippen LogP contribution is -2.33. The van der Waals surface area contributed by atoms with Gasteiger partial charge in [0.15, 0.2) is 11.6 Å². The average Bonchev–Trinajstić information content (AvgIpc) is 3.00. The van der Waals surface area contributed by atoms with Crippen molar-refractivity contribution in [2.24, 2.45) is 0 Å². The normalized spacial score (nSPS) is 19.9. The van der Waals surface area contributed by atoms with Crippen LogP contribution in [0.25, 0.3) is 0 Å². The number of carbonyl (C=O) groups is 1. The van der Waals surface area contributed by atoms with Crippen molar-refractivity contribution in [1.82, 2.24) is 4.90 Å². The largest absolute Gasteiger partial charge is 0.496 e. The summed E-state index contributed by atoms with van der Waals surface area (Å²) in [6, 6.07) is 10.3. The molecule has 6 heteroatoms. The van der Waals surface area contributed by atoms with Crippen LogP contribution in [0.2, 0.25) is 0 Å². The molecule has 1 N–H and O–H groups in total. The Morgan fingerprint density at radius 1 is 1.24 bits per heavy atom. The summed E-state index contributed by atoms with van der Waals surface area (Å²) in [4.78, 5) is 14.3. The number of hydrogen-bond donors (Lipinski definition) is 1. The first kappa shape index (κ1) is 17.4. The maximum absolute atomic E-state index is 13.5. The Balaban J connectivity index is 1.83. The molecule has 2 atom stereocenters. The molecular formula is C19H19F2NO3. The van der Waals surface area contributed by atoms with E-state index in [1.54, 1.807) is 12.1 Å². The highest BCUT2D eigenvalue weighted by molar-refractivity contribution is 5.80. The number of aliphatic hydroxyl groups is 1. The van der Waals surface area contributed by atoms with Crippen LogP contribution in [0.5, 0.6) is 5.75 Å². The van der Waals surface area contributed by atoms with Crippen LogP contribution in [0.4, 0.5) is 8.78 Å². The second-order valence-corrected chi connectivity index (χ2v) is 6.11. The van der Waals surface area contributed by atoms with Crippen molar-refractivity contribution >= 4 is 5.91 Å². The number of halogens is 2. The van der Waals surface area contributed by atoms with Gasteiger partial charge in [-0.15, -0.1) is 0 Å². The second-order valence-electron chi connectivity index (χ2n) is 6.11. The number of carbonyl (C=O) groups excluding carboxylic acids is 1. The highest BCUT2D eigenvalue weighted by Crippen LogP contribution is 2.33. The first-order valence-corrected chi connectivity index (χ1v) is 8.04. The lowest BCUT2D eigenvalue weighted by molar-refractivity contribution is -0.131. The molecule has 0 aliphatic carbocycles. The van der Waals surface area contributed by atoms with Gasteiger partial charge in [-0.1, -0.05) is 24.3 Å². The Kier molecular flexibility index (Phi) is 4.99. The van der Waals surface area contributed by atoms with Gasteiger partial charge >= 0.3 is 0 Å². The van der Waals surface area contributed by atoms with Crippen LogP contribution in [-0.4, -0.2) is 35.7 Å². The van der Waals surface area contributed by atoms with Gasteiger partial charge in [0.05, 0.1) is 25.7 Å². The first-order valence-electron chi connectivity index (χ1n) is 8.04. The van der Waals surface area contributed by atoms with Crippen molar-refractivity contribution in [1.29, 1.82) is 0 Å². The Bertz CT molecular complexity index is 781. The van der Waals surface area contributed by atoms with Crippen molar-refractivity contribution in [2.45, 2.75) is 25.0 Å². The summed E-state index contributed by atoms with van der Waals surface area (Å²) in [6.07, 6.45) is -0.292. The Hall–Kier alpha value is -2.47. The molecule has 0 aromatic heterocycles. The van der Waals surface area contributed by atoms with Crippen LogP contribution in [0.15, 0.2) is 42.5 Å². The zero-order valence-electron chi connectivity index (χ0n) is 13.8. The molecular weight excluding hydrogens is 328 g/mol. The summed E-state index contributed by atoms with van der Waals surface area (Å²) in [7, 11) is 1.53. The van der Waals surface area contributed by atoms with Crippen molar-refractivity contribution in [3.05, 3.63) is 65.2 Å². The minimum Gasteiger partial charge on any atom is -0.496 e. The van der Waals surface area contributed by atoms with E-state index in [1.165, 1.54) is 18.1 Å². The number of para-hydroxylation sites is 1. The van der Waals surface area contributed by atoms with Gasteiger partial charge in [0.25, 0.3) is 0 Å². The lowest BCUT2D eigenvalue weighted by atomic mass is 10.0. The third-order valence-corrected chi connectivity index (χ3v) is 4.46. The molecule has 0 spiro atoms. The van der Waals surface area contributed by atoms with E-state index in [1.807, 2.05) is 12.1 Å². The van der Waals surface area contributed by atoms with Gasteiger partial charge in [-0.05, 0) is 30.2 Å². The number of methoxy groups -OCH3 is 1. The predicted octanol–water partition coefficient (Wildman–Crippen LogP) is 2.85. The summed E-state index contributed by atoms with van der Waals surface area (Å²) < 4.78 is 32.0. The van der Waals surface area contributed by atoms with Gasteiger partial charge in [0, 0.05) is 12.1 Å². The van der Waals surface area contributed by atoms with Crippen LogP contribution in [-0.2, 0) is 11.2 Å². The number of nitrogens with zero attached hydrogens (tertiary/aromatic N) is 1. The van der Waals surface area contributed by atoms with Crippen LogP contribution in [0, 0.1) is 11.6 Å². The maximum Gasteiger partial charge on any atom is 0.227 e. The fourth-order valence-corrected chi connectivity index (χ4v) is 3.24. The molecule has 2 aromatic rings. The summed E-state index contributed by atoms with van der Waals surface area (Å²) in [5.41, 5.74) is 1.21. The topological polar surface area (TPSA) is 49.8 Å². The highest BCUT2D eigenvalue weighted by atomic mass is 19.2. The molecule has 0 saturated carbocycles. The minimum atomic E-state index is -0.962. The molecule has 1 saturated heterocycles. The molecule has 0 unspecified atom stereocenters. The van der Waals surface area contributed by atoms with Crippen LogP contribution in [0.1, 0.15) is 23.6 Å². The van der Waals surface area contributed by atoms with Gasteiger partial charge in [-0.25, -0.2) is 8.78 Å². The zero-order chi connectivity index (χ0) is 18.0. The number of benzene rings is 2. The first-order chi connectivity index (χ1) is 12.0. The molecule has 1 aliphatic rings. The average molecular weight is 347 g/mol. The summed E-state index contributed by atoms with van der Waals surface area (Å²) in [5.74, 6) is -1.49. The van der Waals surface area contributed by atoms with Crippen LogP contribution in [0.3, 0.4) is 0 Å². The molecule has 25 heavy (non-hydrogen) atoms. The second kappa shape index (κ2) is 7.19. The monoisotopic (exact) mass is 347 g/mol. The van der Waals surface area contributed by atoms with E-state index in [2.05, 4.69) is 0 Å². The van der Waals surface area contributed by atoms with E-state index in [4.69, 9.17) is 4.74 Å².